The van der Waals surface area contributed by atoms with Crippen LogP contribution >= 0.6 is 11.3 Å². The van der Waals surface area contributed by atoms with E-state index < -0.39 is 69.6 Å². The van der Waals surface area contributed by atoms with E-state index in [1.165, 1.54) is 38.1 Å². The number of benzene rings is 2. The molecule has 0 radical (unpaired) electrons. The summed E-state index contributed by atoms with van der Waals surface area (Å²) < 4.78 is 60.9. The van der Waals surface area contributed by atoms with Gasteiger partial charge >= 0.3 is 30.3 Å². The maximum absolute atomic E-state index is 13.7. The summed E-state index contributed by atoms with van der Waals surface area (Å²) in [5.74, 6) is -3.94. The number of anilines is 1. The monoisotopic (exact) mass is 781 g/mol. The molecule has 0 aliphatic heterocycles. The summed E-state index contributed by atoms with van der Waals surface area (Å²) in [6, 6.07) is 6.92. The number of nitrogens with zero attached hydrogens (tertiary/aromatic N) is 4. The van der Waals surface area contributed by atoms with Gasteiger partial charge in [-0.2, -0.15) is 13.2 Å². The first-order chi connectivity index (χ1) is 25.0. The third kappa shape index (κ3) is 12.4. The van der Waals surface area contributed by atoms with Gasteiger partial charge in [0.1, 0.15) is 16.2 Å². The van der Waals surface area contributed by atoms with E-state index in [9.17, 15) is 42.5 Å². The van der Waals surface area contributed by atoms with Gasteiger partial charge in [0.15, 0.2) is 5.92 Å². The number of ether oxygens (including phenoxy) is 4. The number of nitrogens with one attached hydrogen (secondary N) is 1. The van der Waals surface area contributed by atoms with Gasteiger partial charge in [-0.1, -0.05) is 23.5 Å². The van der Waals surface area contributed by atoms with Crippen molar-refractivity contribution < 1.29 is 56.2 Å². The van der Waals surface area contributed by atoms with E-state index >= 15 is 0 Å². The Labute approximate surface area is 313 Å². The number of halogens is 3. The van der Waals surface area contributed by atoms with Crippen LogP contribution in [0.2, 0.25) is 0 Å². The number of carbonyl (C=O) groups excluding carboxylic acids is 4. The Morgan fingerprint density at radius 1 is 0.889 bits per heavy atom. The highest BCUT2D eigenvalue weighted by Gasteiger charge is 2.38. The molecule has 0 bridgehead atoms. The van der Waals surface area contributed by atoms with Gasteiger partial charge in [0.2, 0.25) is 5.13 Å². The molecule has 0 aliphatic carbocycles. The smallest absolute Gasteiger partial charge is 0.416 e. The zero-order valence-electron chi connectivity index (χ0n) is 30.9. The minimum Gasteiger partial charge on any atom is -0.465 e. The maximum Gasteiger partial charge on any atom is 0.416 e. The highest BCUT2D eigenvalue weighted by Crippen LogP contribution is 2.36. The highest BCUT2D eigenvalue weighted by atomic mass is 32.1. The van der Waals surface area contributed by atoms with Gasteiger partial charge in [-0.15, -0.1) is 10.2 Å². The highest BCUT2D eigenvalue weighted by molar-refractivity contribution is 7.18. The number of alkyl halides is 3. The summed E-state index contributed by atoms with van der Waals surface area (Å²) in [4.78, 5) is 64.7. The summed E-state index contributed by atoms with van der Waals surface area (Å²) in [6.07, 6.45) is -6.41. The maximum atomic E-state index is 13.7. The molecule has 294 valence electrons. The van der Waals surface area contributed by atoms with E-state index in [1.807, 2.05) is 0 Å². The minimum atomic E-state index is -4.57. The molecular weight excluding hydrogens is 739 g/mol. The summed E-state index contributed by atoms with van der Waals surface area (Å²) >= 11 is 0.834. The van der Waals surface area contributed by atoms with E-state index in [0.29, 0.717) is 5.56 Å². The number of rotatable bonds is 13. The van der Waals surface area contributed by atoms with Gasteiger partial charge in [0.25, 0.3) is 5.69 Å². The first-order valence-electron chi connectivity index (χ1n) is 16.6. The summed E-state index contributed by atoms with van der Waals surface area (Å²) in [6.45, 7) is 12.2. The number of esters is 2. The van der Waals surface area contributed by atoms with Crippen molar-refractivity contribution in [3.8, 4) is 10.6 Å². The molecular formula is C35H42F3N5O10S. The number of aromatic nitrogens is 2. The van der Waals surface area contributed by atoms with Crippen LogP contribution in [0.15, 0.2) is 42.5 Å². The normalized spacial score (nSPS) is 12.4. The molecule has 0 aliphatic rings. The van der Waals surface area contributed by atoms with Crippen LogP contribution in [0.5, 0.6) is 0 Å². The zero-order chi connectivity index (χ0) is 40.6. The van der Waals surface area contributed by atoms with Gasteiger partial charge in [-0.05, 0) is 91.6 Å². The van der Waals surface area contributed by atoms with E-state index in [0.717, 1.165) is 34.4 Å². The van der Waals surface area contributed by atoms with Crippen LogP contribution in [0.25, 0.3) is 10.6 Å². The van der Waals surface area contributed by atoms with Crippen molar-refractivity contribution in [1.82, 2.24) is 15.5 Å². The van der Waals surface area contributed by atoms with Gasteiger partial charge in [-0.3, -0.25) is 19.7 Å². The number of carbonyl (C=O) groups is 4. The fraction of sp³-hybridized carbons (Fsp3) is 0.486. The molecule has 2 amide bonds. The Morgan fingerprint density at radius 3 is 1.96 bits per heavy atom. The number of nitro groups is 1. The lowest BCUT2D eigenvalue weighted by atomic mass is 9.95. The molecule has 0 fully saturated rings. The van der Waals surface area contributed by atoms with Gasteiger partial charge in [-0.25, -0.2) is 14.5 Å². The fourth-order valence-electron chi connectivity index (χ4n) is 4.85. The molecule has 3 rings (SSSR count). The molecule has 15 nitrogen and oxygen atoms in total. The second kappa shape index (κ2) is 17.7. The van der Waals surface area contributed by atoms with Crippen LogP contribution in [0.4, 0.5) is 33.6 Å². The third-order valence-electron chi connectivity index (χ3n) is 6.97. The standard InChI is InChI=1S/C35H42F3N5O10S/c1-9-50-28(44)26(29(45)51-10-2)24-18-21(13-16-25(24)43(48)49)27-40-41-30(54-27)42(32(47)53-34(6,7)8)19-23(39-31(46)52-33(3,4)5)17-20-11-14-22(15-12-20)35(36,37)38/h11-16,18,23,26H,9-10,17,19H2,1-8H3,(H,39,46)/t23-/m0/s1. The lowest BCUT2D eigenvalue weighted by Crippen LogP contribution is -2.49. The van der Waals surface area contributed by atoms with Crippen molar-refractivity contribution in [2.75, 3.05) is 24.7 Å². The molecule has 0 saturated heterocycles. The van der Waals surface area contributed by atoms with Crippen molar-refractivity contribution >= 4 is 46.3 Å². The van der Waals surface area contributed by atoms with Crippen molar-refractivity contribution in [2.24, 2.45) is 0 Å². The summed E-state index contributed by atoms with van der Waals surface area (Å²) in [5.41, 5.74) is -3.11. The first kappa shape index (κ1) is 43.1. The molecule has 1 heterocycles. The molecule has 2 aromatic carbocycles. The molecule has 54 heavy (non-hydrogen) atoms. The largest absolute Gasteiger partial charge is 0.465 e. The Kier molecular flexibility index (Phi) is 14.1. The zero-order valence-corrected chi connectivity index (χ0v) is 31.8. The fourth-order valence-corrected chi connectivity index (χ4v) is 5.69. The van der Waals surface area contributed by atoms with E-state index in [1.54, 1.807) is 41.5 Å². The van der Waals surface area contributed by atoms with Crippen molar-refractivity contribution in [3.05, 3.63) is 69.3 Å². The Hall–Kier alpha value is -5.33. The Bertz CT molecular complexity index is 1800. The molecule has 0 spiro atoms. The average molecular weight is 782 g/mol. The minimum absolute atomic E-state index is 0.0584. The quantitative estimate of drug-likeness (QED) is 0.0604. The molecule has 0 saturated carbocycles. The van der Waals surface area contributed by atoms with Crippen LogP contribution in [-0.2, 0) is 41.1 Å². The van der Waals surface area contributed by atoms with E-state index in [4.69, 9.17) is 18.9 Å². The predicted molar refractivity (Wildman–Crippen MR) is 190 cm³/mol. The Balaban J connectivity index is 2.11. The topological polar surface area (TPSA) is 189 Å². The van der Waals surface area contributed by atoms with Gasteiger partial charge < -0.3 is 24.3 Å². The van der Waals surface area contributed by atoms with Crippen LogP contribution in [-0.4, -0.2) is 76.2 Å². The summed E-state index contributed by atoms with van der Waals surface area (Å²) in [7, 11) is 0. The number of alkyl carbamates (subject to hydrolysis) is 1. The van der Waals surface area contributed by atoms with Crippen molar-refractivity contribution in [3.63, 3.8) is 0 Å². The molecule has 3 aromatic rings. The van der Waals surface area contributed by atoms with Crippen molar-refractivity contribution in [1.29, 1.82) is 0 Å². The lowest BCUT2D eigenvalue weighted by Gasteiger charge is -2.29. The van der Waals surface area contributed by atoms with E-state index in [2.05, 4.69) is 15.5 Å². The van der Waals surface area contributed by atoms with Gasteiger partial charge in [0, 0.05) is 11.6 Å². The SMILES string of the molecule is CCOC(=O)C(C(=O)OCC)c1cc(-c2nnc(N(C[C@H](Cc3ccc(C(F)(F)F)cc3)NC(=O)OC(C)(C)C)C(=O)OC(C)(C)C)s2)ccc1[N+](=O)[O-]. The van der Waals surface area contributed by atoms with Crippen LogP contribution in [0.1, 0.15) is 78.0 Å². The summed E-state index contributed by atoms with van der Waals surface area (Å²) in [5, 5.41) is 23.0. The lowest BCUT2D eigenvalue weighted by molar-refractivity contribution is -0.385. The van der Waals surface area contributed by atoms with Crippen LogP contribution < -0.4 is 10.2 Å². The van der Waals surface area contributed by atoms with E-state index in [-0.39, 0.29) is 47.4 Å². The first-order valence-corrected chi connectivity index (χ1v) is 17.5. The Morgan fingerprint density at radius 2 is 1.46 bits per heavy atom. The number of amides is 2. The second-order valence-electron chi connectivity index (χ2n) is 13.7. The van der Waals surface area contributed by atoms with Crippen molar-refractivity contribution in [2.45, 2.75) is 91.1 Å². The molecule has 0 unspecified atom stereocenters. The van der Waals surface area contributed by atoms with Crippen LogP contribution in [0, 0.1) is 10.1 Å². The van der Waals surface area contributed by atoms with Gasteiger partial charge in [0.05, 0.1) is 41.9 Å². The molecule has 1 atom stereocenters. The predicted octanol–water partition coefficient (Wildman–Crippen LogP) is 7.22. The molecule has 1 aromatic heterocycles. The number of hydrogen-bond acceptors (Lipinski definition) is 13. The molecule has 19 heteroatoms. The average Bonchev–Trinajstić information content (AvgIpc) is 3.52. The second-order valence-corrected chi connectivity index (χ2v) is 14.6. The number of nitro benzene ring substituents is 1. The molecule has 1 N–H and O–H groups in total. The third-order valence-corrected chi connectivity index (χ3v) is 7.97. The number of hydrogen-bond donors (Lipinski definition) is 1. The van der Waals surface area contributed by atoms with Crippen LogP contribution in [0.3, 0.4) is 0 Å².